The summed E-state index contributed by atoms with van der Waals surface area (Å²) in [5.41, 5.74) is 3.77. The Morgan fingerprint density at radius 2 is 1.74 bits per heavy atom. The maximum absolute atomic E-state index is 11.9. The third-order valence-corrected chi connectivity index (χ3v) is 3.22. The van der Waals surface area contributed by atoms with Gasteiger partial charge in [-0.3, -0.25) is 10.1 Å². The largest absolute Gasteiger partial charge is 0.353 e. The van der Waals surface area contributed by atoms with E-state index in [0.29, 0.717) is 0 Å². The minimum absolute atomic E-state index is 0.0478. The highest BCUT2D eigenvalue weighted by Crippen LogP contribution is 2.19. The molecule has 1 amide bonds. The van der Waals surface area contributed by atoms with Crippen LogP contribution in [0.1, 0.15) is 50.4 Å². The molecule has 3 heteroatoms. The van der Waals surface area contributed by atoms with Crippen molar-refractivity contribution in [3.63, 3.8) is 0 Å². The standard InChI is InChI=1S/C16H26N2O/c1-10(2)17-16(19)14(6)18-13(5)15-8-7-11(3)9-12(15)4/h7-10,13-14,18H,1-6H3,(H,17,19). The molecule has 0 spiro atoms. The first-order valence-corrected chi connectivity index (χ1v) is 6.94. The van der Waals surface area contributed by atoms with Crippen molar-refractivity contribution in [2.24, 2.45) is 0 Å². The molecule has 0 saturated heterocycles. The topological polar surface area (TPSA) is 41.1 Å². The normalized spacial score (nSPS) is 14.3. The average molecular weight is 262 g/mol. The first kappa shape index (κ1) is 15.7. The summed E-state index contributed by atoms with van der Waals surface area (Å²) in [5.74, 6) is 0.0478. The van der Waals surface area contributed by atoms with Gasteiger partial charge in [-0.05, 0) is 52.7 Å². The van der Waals surface area contributed by atoms with Crippen LogP contribution in [0.2, 0.25) is 0 Å². The second kappa shape index (κ2) is 6.71. The van der Waals surface area contributed by atoms with E-state index in [2.05, 4.69) is 49.6 Å². The van der Waals surface area contributed by atoms with E-state index in [-0.39, 0.29) is 24.0 Å². The smallest absolute Gasteiger partial charge is 0.237 e. The van der Waals surface area contributed by atoms with Crippen molar-refractivity contribution in [1.82, 2.24) is 10.6 Å². The van der Waals surface area contributed by atoms with Crippen molar-refractivity contribution in [3.8, 4) is 0 Å². The number of benzene rings is 1. The van der Waals surface area contributed by atoms with Gasteiger partial charge in [0.1, 0.15) is 0 Å². The van der Waals surface area contributed by atoms with Crippen molar-refractivity contribution in [2.45, 2.75) is 59.7 Å². The van der Waals surface area contributed by atoms with E-state index < -0.39 is 0 Å². The second-order valence-corrected chi connectivity index (χ2v) is 5.63. The molecule has 1 aromatic carbocycles. The number of hydrogen-bond donors (Lipinski definition) is 2. The fourth-order valence-corrected chi connectivity index (χ4v) is 2.26. The van der Waals surface area contributed by atoms with Crippen LogP contribution < -0.4 is 10.6 Å². The maximum atomic E-state index is 11.9. The molecule has 0 fully saturated rings. The van der Waals surface area contributed by atoms with Gasteiger partial charge >= 0.3 is 0 Å². The lowest BCUT2D eigenvalue weighted by atomic mass is 10.00. The number of nitrogens with one attached hydrogen (secondary N) is 2. The molecule has 3 nitrogen and oxygen atoms in total. The van der Waals surface area contributed by atoms with Gasteiger partial charge in [0.2, 0.25) is 5.91 Å². The lowest BCUT2D eigenvalue weighted by molar-refractivity contribution is -0.123. The molecule has 2 N–H and O–H groups in total. The van der Waals surface area contributed by atoms with Crippen molar-refractivity contribution in [1.29, 1.82) is 0 Å². The van der Waals surface area contributed by atoms with Crippen LogP contribution in [0.5, 0.6) is 0 Å². The summed E-state index contributed by atoms with van der Waals surface area (Å²) in [6.07, 6.45) is 0. The molecular formula is C16H26N2O. The molecule has 1 aromatic rings. The first-order chi connectivity index (χ1) is 8.81. The zero-order chi connectivity index (χ0) is 14.6. The molecule has 106 valence electrons. The fourth-order valence-electron chi connectivity index (χ4n) is 2.26. The SMILES string of the molecule is Cc1ccc(C(C)NC(C)C(=O)NC(C)C)c(C)c1. The second-order valence-electron chi connectivity index (χ2n) is 5.63. The van der Waals surface area contributed by atoms with Crippen LogP contribution in [-0.2, 0) is 4.79 Å². The number of hydrogen-bond acceptors (Lipinski definition) is 2. The molecule has 0 aliphatic rings. The molecule has 0 saturated carbocycles. The molecule has 0 bridgehead atoms. The summed E-state index contributed by atoms with van der Waals surface area (Å²) in [6, 6.07) is 6.56. The van der Waals surface area contributed by atoms with Gasteiger partial charge in [0.05, 0.1) is 6.04 Å². The highest BCUT2D eigenvalue weighted by molar-refractivity contribution is 5.81. The van der Waals surface area contributed by atoms with E-state index >= 15 is 0 Å². The van der Waals surface area contributed by atoms with E-state index in [9.17, 15) is 4.79 Å². The van der Waals surface area contributed by atoms with Gasteiger partial charge < -0.3 is 5.32 Å². The molecule has 19 heavy (non-hydrogen) atoms. The number of carbonyl (C=O) groups is 1. The third-order valence-electron chi connectivity index (χ3n) is 3.22. The molecule has 0 aromatic heterocycles. The lowest BCUT2D eigenvalue weighted by Gasteiger charge is -2.22. The van der Waals surface area contributed by atoms with Crippen LogP contribution in [0.15, 0.2) is 18.2 Å². The molecular weight excluding hydrogens is 236 g/mol. The lowest BCUT2D eigenvalue weighted by Crippen LogP contribution is -2.45. The summed E-state index contributed by atoms with van der Waals surface area (Å²) >= 11 is 0. The summed E-state index contributed by atoms with van der Waals surface area (Å²) in [6.45, 7) is 12.1. The number of amides is 1. The quantitative estimate of drug-likeness (QED) is 0.856. The summed E-state index contributed by atoms with van der Waals surface area (Å²) < 4.78 is 0. The fraction of sp³-hybridized carbons (Fsp3) is 0.562. The molecule has 0 aliphatic carbocycles. The molecule has 2 atom stereocenters. The minimum Gasteiger partial charge on any atom is -0.353 e. The zero-order valence-electron chi connectivity index (χ0n) is 12.9. The third kappa shape index (κ3) is 4.67. The minimum atomic E-state index is -0.196. The van der Waals surface area contributed by atoms with Crippen LogP contribution in [0, 0.1) is 13.8 Å². The molecule has 2 unspecified atom stereocenters. The van der Waals surface area contributed by atoms with Crippen LogP contribution in [0.4, 0.5) is 0 Å². The van der Waals surface area contributed by atoms with Crippen LogP contribution in [0.3, 0.4) is 0 Å². The van der Waals surface area contributed by atoms with Gasteiger partial charge in [-0.25, -0.2) is 0 Å². The van der Waals surface area contributed by atoms with Gasteiger partial charge in [-0.1, -0.05) is 23.8 Å². The van der Waals surface area contributed by atoms with Crippen molar-refractivity contribution >= 4 is 5.91 Å². The van der Waals surface area contributed by atoms with E-state index in [1.807, 2.05) is 20.8 Å². The van der Waals surface area contributed by atoms with Gasteiger partial charge in [0.15, 0.2) is 0 Å². The Balaban J connectivity index is 2.68. The Bertz CT molecular complexity index is 440. The van der Waals surface area contributed by atoms with Crippen molar-refractivity contribution in [2.75, 3.05) is 0 Å². The van der Waals surface area contributed by atoms with E-state index in [1.165, 1.54) is 16.7 Å². The van der Waals surface area contributed by atoms with Crippen LogP contribution in [-0.4, -0.2) is 18.0 Å². The Hall–Kier alpha value is -1.35. The number of aryl methyl sites for hydroxylation is 2. The predicted molar refractivity (Wildman–Crippen MR) is 80.2 cm³/mol. The Labute approximate surface area is 116 Å². The average Bonchev–Trinajstić information content (AvgIpc) is 2.27. The van der Waals surface area contributed by atoms with E-state index in [1.54, 1.807) is 0 Å². The van der Waals surface area contributed by atoms with Gasteiger partial charge in [-0.2, -0.15) is 0 Å². The molecule has 0 heterocycles. The zero-order valence-corrected chi connectivity index (χ0v) is 12.9. The predicted octanol–water partition coefficient (Wildman–Crippen LogP) is 2.87. The van der Waals surface area contributed by atoms with E-state index in [4.69, 9.17) is 0 Å². The Morgan fingerprint density at radius 1 is 1.11 bits per heavy atom. The molecule has 0 aliphatic heterocycles. The molecule has 1 rings (SSSR count). The number of rotatable bonds is 5. The monoisotopic (exact) mass is 262 g/mol. The highest BCUT2D eigenvalue weighted by Gasteiger charge is 2.17. The summed E-state index contributed by atoms with van der Waals surface area (Å²) in [5, 5.41) is 6.27. The van der Waals surface area contributed by atoms with Gasteiger partial charge in [-0.15, -0.1) is 0 Å². The summed E-state index contributed by atoms with van der Waals surface area (Å²) in [4.78, 5) is 11.9. The van der Waals surface area contributed by atoms with Crippen LogP contribution in [0.25, 0.3) is 0 Å². The molecule has 0 radical (unpaired) electrons. The van der Waals surface area contributed by atoms with Gasteiger partial charge in [0, 0.05) is 12.1 Å². The Morgan fingerprint density at radius 3 is 2.26 bits per heavy atom. The van der Waals surface area contributed by atoms with Crippen molar-refractivity contribution < 1.29 is 4.79 Å². The number of carbonyl (C=O) groups excluding carboxylic acids is 1. The highest BCUT2D eigenvalue weighted by atomic mass is 16.2. The van der Waals surface area contributed by atoms with Gasteiger partial charge in [0.25, 0.3) is 0 Å². The Kier molecular flexibility index (Phi) is 5.55. The van der Waals surface area contributed by atoms with Crippen LogP contribution >= 0.6 is 0 Å². The maximum Gasteiger partial charge on any atom is 0.237 e. The summed E-state index contributed by atoms with van der Waals surface area (Å²) in [7, 11) is 0. The first-order valence-electron chi connectivity index (χ1n) is 6.94. The van der Waals surface area contributed by atoms with E-state index in [0.717, 1.165) is 0 Å². The van der Waals surface area contributed by atoms with Crippen molar-refractivity contribution in [3.05, 3.63) is 34.9 Å².